The fraction of sp³-hybridized carbons (Fsp3) is 1.00. The second-order valence-electron chi connectivity index (χ2n) is 4.94. The summed E-state index contributed by atoms with van der Waals surface area (Å²) < 4.78 is 0. The highest BCUT2D eigenvalue weighted by molar-refractivity contribution is 5.85. The summed E-state index contributed by atoms with van der Waals surface area (Å²) in [4.78, 5) is 0. The molecule has 0 aliphatic heterocycles. The van der Waals surface area contributed by atoms with Gasteiger partial charge in [-0.15, -0.1) is 12.4 Å². The van der Waals surface area contributed by atoms with Crippen molar-refractivity contribution in [1.29, 1.82) is 0 Å². The van der Waals surface area contributed by atoms with Crippen molar-refractivity contribution in [3.05, 3.63) is 0 Å². The molecule has 0 amide bonds. The summed E-state index contributed by atoms with van der Waals surface area (Å²) in [6.07, 6.45) is 12.8. The third-order valence-electron chi connectivity index (χ3n) is 2.83. The van der Waals surface area contributed by atoms with E-state index in [4.69, 9.17) is 0 Å². The number of hydrogen-bond acceptors (Lipinski definition) is 1. The third-order valence-corrected chi connectivity index (χ3v) is 2.83. The van der Waals surface area contributed by atoms with Crippen LogP contribution < -0.4 is 5.32 Å². The predicted molar refractivity (Wildman–Crippen MR) is 77.6 cm³/mol. The Balaban J connectivity index is 0. The van der Waals surface area contributed by atoms with Gasteiger partial charge in [-0.25, -0.2) is 0 Å². The minimum absolute atomic E-state index is 0. The zero-order valence-corrected chi connectivity index (χ0v) is 12.4. The summed E-state index contributed by atoms with van der Waals surface area (Å²) in [5.74, 6) is 0. The standard InChI is InChI=1S/C14H31N.ClH/c1-4-5-6-7-8-9-10-11-12-13-15-14(2)3;/h14-15H,4-13H2,1-3H3;1H. The van der Waals surface area contributed by atoms with E-state index in [0.29, 0.717) is 6.04 Å². The quantitative estimate of drug-likeness (QED) is 0.512. The minimum atomic E-state index is 0. The van der Waals surface area contributed by atoms with Crippen LogP contribution in [0.1, 0.15) is 78.6 Å². The van der Waals surface area contributed by atoms with Gasteiger partial charge in [0.15, 0.2) is 0 Å². The largest absolute Gasteiger partial charge is 0.315 e. The number of hydrogen-bond donors (Lipinski definition) is 1. The van der Waals surface area contributed by atoms with Gasteiger partial charge in [0.25, 0.3) is 0 Å². The highest BCUT2D eigenvalue weighted by atomic mass is 35.5. The van der Waals surface area contributed by atoms with E-state index >= 15 is 0 Å². The van der Waals surface area contributed by atoms with Gasteiger partial charge in [0.05, 0.1) is 0 Å². The number of unbranched alkanes of at least 4 members (excludes halogenated alkanes) is 8. The molecule has 0 aliphatic carbocycles. The maximum absolute atomic E-state index is 3.46. The van der Waals surface area contributed by atoms with E-state index in [0.717, 1.165) is 0 Å². The molecule has 0 radical (unpaired) electrons. The minimum Gasteiger partial charge on any atom is -0.315 e. The van der Waals surface area contributed by atoms with Gasteiger partial charge >= 0.3 is 0 Å². The van der Waals surface area contributed by atoms with Crippen molar-refractivity contribution in [2.24, 2.45) is 0 Å². The zero-order chi connectivity index (χ0) is 11.4. The lowest BCUT2D eigenvalue weighted by Gasteiger charge is -2.07. The maximum atomic E-state index is 3.46. The molecule has 0 aromatic heterocycles. The Morgan fingerprint density at radius 2 is 1.19 bits per heavy atom. The Hall–Kier alpha value is 0.250. The molecule has 100 valence electrons. The van der Waals surface area contributed by atoms with Crippen LogP contribution in [-0.4, -0.2) is 12.6 Å². The predicted octanol–water partition coefficient (Wildman–Crippen LogP) is 4.94. The average molecular weight is 250 g/mol. The van der Waals surface area contributed by atoms with Gasteiger partial charge in [-0.1, -0.05) is 72.1 Å². The second-order valence-corrected chi connectivity index (χ2v) is 4.94. The van der Waals surface area contributed by atoms with Crippen LogP contribution in [0.3, 0.4) is 0 Å². The molecule has 0 atom stereocenters. The molecular weight excluding hydrogens is 218 g/mol. The Bertz CT molecular complexity index is 115. The number of rotatable bonds is 11. The lowest BCUT2D eigenvalue weighted by Crippen LogP contribution is -2.23. The molecule has 0 saturated carbocycles. The van der Waals surface area contributed by atoms with Crippen molar-refractivity contribution < 1.29 is 0 Å². The molecule has 0 aliphatic rings. The van der Waals surface area contributed by atoms with Crippen molar-refractivity contribution in [2.75, 3.05) is 6.54 Å². The van der Waals surface area contributed by atoms with E-state index in [-0.39, 0.29) is 12.4 Å². The Kier molecular flexibility index (Phi) is 17.7. The molecule has 0 bridgehead atoms. The van der Waals surface area contributed by atoms with Crippen LogP contribution in [0.2, 0.25) is 0 Å². The van der Waals surface area contributed by atoms with Crippen molar-refractivity contribution in [2.45, 2.75) is 84.6 Å². The molecule has 0 rings (SSSR count). The van der Waals surface area contributed by atoms with Crippen LogP contribution in [0.25, 0.3) is 0 Å². The lowest BCUT2D eigenvalue weighted by atomic mass is 10.1. The lowest BCUT2D eigenvalue weighted by molar-refractivity contribution is 0.526. The van der Waals surface area contributed by atoms with Crippen LogP contribution in [-0.2, 0) is 0 Å². The van der Waals surface area contributed by atoms with E-state index in [1.54, 1.807) is 0 Å². The summed E-state index contributed by atoms with van der Waals surface area (Å²) in [6, 6.07) is 0.652. The van der Waals surface area contributed by atoms with E-state index in [1.807, 2.05) is 0 Å². The first-order valence-corrected chi connectivity index (χ1v) is 7.00. The molecule has 2 heteroatoms. The summed E-state index contributed by atoms with van der Waals surface area (Å²) in [7, 11) is 0. The smallest absolute Gasteiger partial charge is 0.00103 e. The van der Waals surface area contributed by atoms with Gasteiger partial charge in [0.1, 0.15) is 0 Å². The molecule has 1 N–H and O–H groups in total. The first kappa shape index (κ1) is 18.6. The van der Waals surface area contributed by atoms with Crippen LogP contribution in [0.15, 0.2) is 0 Å². The second kappa shape index (κ2) is 15.2. The number of halogens is 1. The van der Waals surface area contributed by atoms with Gasteiger partial charge in [-0.2, -0.15) is 0 Å². The van der Waals surface area contributed by atoms with Gasteiger partial charge in [-0.3, -0.25) is 0 Å². The topological polar surface area (TPSA) is 12.0 Å². The Labute approximate surface area is 109 Å². The summed E-state index contributed by atoms with van der Waals surface area (Å²) in [5, 5.41) is 3.46. The molecular formula is C14H32ClN. The average Bonchev–Trinajstić information content (AvgIpc) is 2.20. The van der Waals surface area contributed by atoms with Crippen molar-refractivity contribution in [3.8, 4) is 0 Å². The summed E-state index contributed by atoms with van der Waals surface area (Å²) >= 11 is 0. The van der Waals surface area contributed by atoms with Crippen molar-refractivity contribution in [3.63, 3.8) is 0 Å². The SMILES string of the molecule is CCCCCCCCCCCNC(C)C.Cl. The normalized spacial score (nSPS) is 10.5. The molecule has 0 spiro atoms. The molecule has 0 aromatic carbocycles. The van der Waals surface area contributed by atoms with Crippen LogP contribution in [0, 0.1) is 0 Å². The molecule has 0 heterocycles. The zero-order valence-electron chi connectivity index (χ0n) is 11.6. The fourth-order valence-electron chi connectivity index (χ4n) is 1.83. The highest BCUT2D eigenvalue weighted by Crippen LogP contribution is 2.09. The highest BCUT2D eigenvalue weighted by Gasteiger charge is 1.93. The first-order chi connectivity index (χ1) is 7.27. The molecule has 0 aromatic rings. The summed E-state index contributed by atoms with van der Waals surface area (Å²) in [6.45, 7) is 7.91. The Morgan fingerprint density at radius 3 is 1.62 bits per heavy atom. The molecule has 16 heavy (non-hydrogen) atoms. The fourth-order valence-corrected chi connectivity index (χ4v) is 1.83. The van der Waals surface area contributed by atoms with Crippen LogP contribution in [0.4, 0.5) is 0 Å². The van der Waals surface area contributed by atoms with E-state index in [2.05, 4.69) is 26.1 Å². The van der Waals surface area contributed by atoms with E-state index < -0.39 is 0 Å². The van der Waals surface area contributed by atoms with E-state index in [9.17, 15) is 0 Å². The van der Waals surface area contributed by atoms with Crippen LogP contribution in [0.5, 0.6) is 0 Å². The molecule has 1 nitrogen and oxygen atoms in total. The van der Waals surface area contributed by atoms with Gasteiger partial charge in [0.2, 0.25) is 0 Å². The van der Waals surface area contributed by atoms with E-state index in [1.165, 1.54) is 64.3 Å². The van der Waals surface area contributed by atoms with Crippen LogP contribution >= 0.6 is 12.4 Å². The molecule has 0 unspecified atom stereocenters. The summed E-state index contributed by atoms with van der Waals surface area (Å²) in [5.41, 5.74) is 0. The monoisotopic (exact) mass is 249 g/mol. The van der Waals surface area contributed by atoms with Gasteiger partial charge in [-0.05, 0) is 13.0 Å². The maximum Gasteiger partial charge on any atom is 0.00103 e. The molecule has 0 fully saturated rings. The van der Waals surface area contributed by atoms with Crippen molar-refractivity contribution >= 4 is 12.4 Å². The first-order valence-electron chi connectivity index (χ1n) is 7.00. The van der Waals surface area contributed by atoms with Crippen molar-refractivity contribution in [1.82, 2.24) is 5.32 Å². The van der Waals surface area contributed by atoms with Gasteiger partial charge in [0, 0.05) is 6.04 Å². The van der Waals surface area contributed by atoms with Gasteiger partial charge < -0.3 is 5.32 Å². The molecule has 0 saturated heterocycles. The Morgan fingerprint density at radius 1 is 0.750 bits per heavy atom. The number of nitrogens with one attached hydrogen (secondary N) is 1. The third kappa shape index (κ3) is 16.7.